The summed E-state index contributed by atoms with van der Waals surface area (Å²) in [4.78, 5) is 10.8. The van der Waals surface area contributed by atoms with Crippen molar-refractivity contribution in [3.8, 4) is 0 Å². The van der Waals surface area contributed by atoms with Gasteiger partial charge < -0.3 is 10.5 Å². The average molecular weight is 254 g/mol. The van der Waals surface area contributed by atoms with E-state index in [4.69, 9.17) is 5.73 Å². The van der Waals surface area contributed by atoms with Crippen molar-refractivity contribution in [3.63, 3.8) is 0 Å². The molecule has 15 heavy (non-hydrogen) atoms. The monoisotopic (exact) mass is 254 g/mol. The lowest BCUT2D eigenvalue weighted by molar-refractivity contribution is -0.142. The SMILES string of the molecule is COC(=O)C(C)NS(=O)(=O)C(C)C(N)=S. The molecule has 0 bridgehead atoms. The maximum Gasteiger partial charge on any atom is 0.323 e. The van der Waals surface area contributed by atoms with Crippen molar-refractivity contribution >= 4 is 33.2 Å². The van der Waals surface area contributed by atoms with Crippen LogP contribution in [0.2, 0.25) is 0 Å². The number of carbonyl (C=O) groups is 1. The van der Waals surface area contributed by atoms with E-state index >= 15 is 0 Å². The molecule has 0 saturated heterocycles. The van der Waals surface area contributed by atoms with E-state index in [0.29, 0.717) is 0 Å². The van der Waals surface area contributed by atoms with E-state index in [1.165, 1.54) is 21.0 Å². The lowest BCUT2D eigenvalue weighted by Crippen LogP contribution is -2.46. The number of esters is 1. The van der Waals surface area contributed by atoms with E-state index < -0.39 is 27.3 Å². The van der Waals surface area contributed by atoms with Gasteiger partial charge in [-0.05, 0) is 13.8 Å². The van der Waals surface area contributed by atoms with Crippen LogP contribution in [0.15, 0.2) is 0 Å². The van der Waals surface area contributed by atoms with Gasteiger partial charge in [0.25, 0.3) is 0 Å². The van der Waals surface area contributed by atoms with E-state index in [0.717, 1.165) is 0 Å². The third-order valence-corrected chi connectivity index (χ3v) is 4.13. The molecule has 0 aliphatic rings. The number of carbonyl (C=O) groups excluding carboxylic acids is 1. The molecular weight excluding hydrogens is 240 g/mol. The zero-order valence-electron chi connectivity index (χ0n) is 8.68. The first-order chi connectivity index (χ1) is 6.72. The summed E-state index contributed by atoms with van der Waals surface area (Å²) in [6.45, 7) is 2.71. The molecule has 0 aliphatic carbocycles. The van der Waals surface area contributed by atoms with Gasteiger partial charge in [0.2, 0.25) is 10.0 Å². The van der Waals surface area contributed by atoms with Gasteiger partial charge in [-0.3, -0.25) is 4.79 Å². The van der Waals surface area contributed by atoms with Crippen molar-refractivity contribution in [2.24, 2.45) is 5.73 Å². The van der Waals surface area contributed by atoms with E-state index in [9.17, 15) is 13.2 Å². The number of nitrogens with one attached hydrogen (secondary N) is 1. The molecule has 2 unspecified atom stereocenters. The third-order valence-electron chi connectivity index (χ3n) is 1.76. The fourth-order valence-electron chi connectivity index (χ4n) is 0.726. The zero-order chi connectivity index (χ0) is 12.2. The fraction of sp³-hybridized carbons (Fsp3) is 0.714. The van der Waals surface area contributed by atoms with Crippen molar-refractivity contribution in [2.45, 2.75) is 25.1 Å². The van der Waals surface area contributed by atoms with Crippen molar-refractivity contribution in [1.82, 2.24) is 4.72 Å². The van der Waals surface area contributed by atoms with Crippen molar-refractivity contribution in [3.05, 3.63) is 0 Å². The topological polar surface area (TPSA) is 98.5 Å². The highest BCUT2D eigenvalue weighted by atomic mass is 32.2. The summed E-state index contributed by atoms with van der Waals surface area (Å²) in [6.07, 6.45) is 0. The first kappa shape index (κ1) is 14.3. The van der Waals surface area contributed by atoms with Gasteiger partial charge in [0.05, 0.1) is 12.1 Å². The summed E-state index contributed by atoms with van der Waals surface area (Å²) in [7, 11) is -2.56. The molecule has 0 rings (SSSR count). The molecule has 0 heterocycles. The highest BCUT2D eigenvalue weighted by molar-refractivity contribution is 7.93. The second-order valence-corrected chi connectivity index (χ2v) is 5.46. The predicted molar refractivity (Wildman–Crippen MR) is 59.8 cm³/mol. The first-order valence-electron chi connectivity index (χ1n) is 4.10. The van der Waals surface area contributed by atoms with E-state index in [2.05, 4.69) is 21.7 Å². The maximum atomic E-state index is 11.5. The lowest BCUT2D eigenvalue weighted by Gasteiger charge is -2.15. The molecule has 0 aromatic rings. The molecule has 0 aromatic heterocycles. The summed E-state index contributed by atoms with van der Waals surface area (Å²) in [6, 6.07) is -0.961. The number of thiocarbonyl (C=S) groups is 1. The summed E-state index contributed by atoms with van der Waals surface area (Å²) >= 11 is 4.56. The standard InChI is InChI=1S/C7H14N2O4S2/c1-4(7(10)13-3)9-15(11,12)5(2)6(8)14/h4-5,9H,1-3H3,(H2,8,14). The van der Waals surface area contributed by atoms with Crippen molar-refractivity contribution in [2.75, 3.05) is 7.11 Å². The molecule has 0 aromatic carbocycles. The predicted octanol–water partition coefficient (Wildman–Crippen LogP) is -0.858. The molecule has 8 heteroatoms. The Bertz CT molecular complexity index is 352. The van der Waals surface area contributed by atoms with Crippen LogP contribution in [0.4, 0.5) is 0 Å². The Hall–Kier alpha value is -0.730. The summed E-state index contributed by atoms with van der Waals surface area (Å²) < 4.78 is 29.5. The van der Waals surface area contributed by atoms with Gasteiger partial charge in [0.1, 0.15) is 11.3 Å². The molecule has 3 N–H and O–H groups in total. The van der Waals surface area contributed by atoms with Crippen LogP contribution in [0.1, 0.15) is 13.8 Å². The molecule has 6 nitrogen and oxygen atoms in total. The zero-order valence-corrected chi connectivity index (χ0v) is 10.3. The van der Waals surface area contributed by atoms with Crippen molar-refractivity contribution < 1.29 is 17.9 Å². The Balaban J connectivity index is 4.66. The Kier molecular flexibility index (Phi) is 5.12. The van der Waals surface area contributed by atoms with Crippen LogP contribution in [0, 0.1) is 0 Å². The Morgan fingerprint density at radius 2 is 1.93 bits per heavy atom. The second-order valence-electron chi connectivity index (χ2n) is 2.95. The van der Waals surface area contributed by atoms with E-state index in [-0.39, 0.29) is 4.99 Å². The minimum atomic E-state index is -3.73. The maximum absolute atomic E-state index is 11.5. The lowest BCUT2D eigenvalue weighted by atomic mass is 10.4. The van der Waals surface area contributed by atoms with Crippen LogP contribution >= 0.6 is 12.2 Å². The minimum Gasteiger partial charge on any atom is -0.468 e. The van der Waals surface area contributed by atoms with Crippen LogP contribution in [0.3, 0.4) is 0 Å². The molecule has 0 aliphatic heterocycles. The number of sulfonamides is 1. The number of hydrogen-bond donors (Lipinski definition) is 2. The third kappa shape index (κ3) is 4.10. The van der Waals surface area contributed by atoms with Gasteiger partial charge in [-0.2, -0.15) is 0 Å². The van der Waals surface area contributed by atoms with Gasteiger partial charge in [0.15, 0.2) is 0 Å². The van der Waals surface area contributed by atoms with Gasteiger partial charge in [0, 0.05) is 0 Å². The normalized spacial score (nSPS) is 15.4. The quantitative estimate of drug-likeness (QED) is 0.489. The van der Waals surface area contributed by atoms with Crippen LogP contribution < -0.4 is 10.5 Å². The van der Waals surface area contributed by atoms with Gasteiger partial charge in [-0.15, -0.1) is 0 Å². The number of methoxy groups -OCH3 is 1. The fourth-order valence-corrected chi connectivity index (χ4v) is 2.21. The molecule has 2 atom stereocenters. The van der Waals surface area contributed by atoms with Crippen molar-refractivity contribution in [1.29, 1.82) is 0 Å². The average Bonchev–Trinajstić information content (AvgIpc) is 2.14. The molecule has 88 valence electrons. The smallest absolute Gasteiger partial charge is 0.323 e. The Morgan fingerprint density at radius 3 is 2.27 bits per heavy atom. The van der Waals surface area contributed by atoms with Crippen LogP contribution in [0.25, 0.3) is 0 Å². The second kappa shape index (κ2) is 5.38. The Morgan fingerprint density at radius 1 is 1.47 bits per heavy atom. The largest absolute Gasteiger partial charge is 0.468 e. The van der Waals surface area contributed by atoms with Crippen LogP contribution in [0.5, 0.6) is 0 Å². The highest BCUT2D eigenvalue weighted by Crippen LogP contribution is 2.01. The van der Waals surface area contributed by atoms with Gasteiger partial charge in [-0.1, -0.05) is 12.2 Å². The van der Waals surface area contributed by atoms with Gasteiger partial charge in [-0.25, -0.2) is 13.1 Å². The van der Waals surface area contributed by atoms with E-state index in [1.54, 1.807) is 0 Å². The Labute approximate surface area is 94.2 Å². The molecule has 0 spiro atoms. The number of rotatable bonds is 5. The molecular formula is C7H14N2O4S2. The first-order valence-corrected chi connectivity index (χ1v) is 6.06. The number of hydrogen-bond acceptors (Lipinski definition) is 5. The molecule has 0 radical (unpaired) electrons. The summed E-state index contributed by atoms with van der Waals surface area (Å²) in [5.74, 6) is -0.672. The number of nitrogens with two attached hydrogens (primary N) is 1. The minimum absolute atomic E-state index is 0.153. The van der Waals surface area contributed by atoms with Crippen LogP contribution in [-0.4, -0.2) is 37.8 Å². The van der Waals surface area contributed by atoms with Crippen LogP contribution in [-0.2, 0) is 19.6 Å². The molecule has 0 amide bonds. The number of ether oxygens (including phenoxy) is 1. The summed E-state index contributed by atoms with van der Waals surface area (Å²) in [5, 5.41) is -1.03. The highest BCUT2D eigenvalue weighted by Gasteiger charge is 2.27. The molecule has 0 fully saturated rings. The summed E-state index contributed by atoms with van der Waals surface area (Å²) in [5.41, 5.74) is 5.20. The molecule has 0 saturated carbocycles. The van der Waals surface area contributed by atoms with Gasteiger partial charge >= 0.3 is 5.97 Å². The van der Waals surface area contributed by atoms with E-state index in [1.807, 2.05) is 0 Å².